The number of hydrogen-bond acceptors (Lipinski definition) is 3. The van der Waals surface area contributed by atoms with Gasteiger partial charge >= 0.3 is 0 Å². The predicted molar refractivity (Wildman–Crippen MR) is 230 cm³/mol. The van der Waals surface area contributed by atoms with Gasteiger partial charge in [0, 0.05) is 55.6 Å². The first kappa shape index (κ1) is 33.6. The Morgan fingerprint density at radius 1 is 0.345 bits per heavy atom. The third-order valence-electron chi connectivity index (χ3n) is 10.9. The second-order valence-electron chi connectivity index (χ2n) is 14.3. The van der Waals surface area contributed by atoms with Crippen LogP contribution in [0.15, 0.2) is 188 Å². The second kappa shape index (κ2) is 13.5. The van der Waals surface area contributed by atoms with Crippen molar-refractivity contribution in [3.63, 3.8) is 0 Å². The summed E-state index contributed by atoms with van der Waals surface area (Å²) in [6.45, 7) is 0. The van der Waals surface area contributed by atoms with E-state index in [1.165, 1.54) is 22.9 Å². The van der Waals surface area contributed by atoms with Gasteiger partial charge in [-0.3, -0.25) is 0 Å². The molecule has 0 aliphatic heterocycles. The molecule has 11 rings (SSSR count). The molecular weight excluding hydrogens is 721 g/mol. The highest BCUT2D eigenvalue weighted by molar-refractivity contribution is 6.12. The van der Waals surface area contributed by atoms with Crippen LogP contribution < -0.4 is 0 Å². The maximum absolute atomic E-state index is 15.5. The monoisotopic (exact) mass is 751 g/mol. The van der Waals surface area contributed by atoms with Crippen molar-refractivity contribution in [1.29, 1.82) is 0 Å². The van der Waals surface area contributed by atoms with E-state index in [1.54, 1.807) is 0 Å². The number of rotatable bonds is 6. The number of nitrogens with zero attached hydrogens (tertiary/aromatic N) is 5. The minimum atomic E-state index is -0.644. The molecule has 0 radical (unpaired) electrons. The molecule has 8 aromatic carbocycles. The van der Waals surface area contributed by atoms with Crippen LogP contribution in [0.1, 0.15) is 0 Å². The first-order valence-corrected chi connectivity index (χ1v) is 19.1. The first-order chi connectivity index (χ1) is 28.6. The standard InChI is InChI=1S/C51H31F2N5/c52-35-24-27-37(43(53)30-35)34-23-26-41(51-55-49(32-13-3-1-4-14-32)54-50(56-51)33-15-5-2-6-16-33)48(29-34)58-46-22-12-9-19-40(46)42-31-36(25-28-47(42)58)57-44-20-10-7-17-38(44)39-18-8-11-21-45(39)57/h1-31H. The van der Waals surface area contributed by atoms with Gasteiger partial charge in [-0.05, 0) is 66.2 Å². The van der Waals surface area contributed by atoms with Gasteiger partial charge in [-0.2, -0.15) is 0 Å². The number of hydrogen-bond donors (Lipinski definition) is 0. The van der Waals surface area contributed by atoms with E-state index in [0.717, 1.165) is 67.0 Å². The summed E-state index contributed by atoms with van der Waals surface area (Å²) in [6, 6.07) is 61.0. The van der Waals surface area contributed by atoms with Crippen molar-refractivity contribution in [2.24, 2.45) is 0 Å². The molecule has 0 atom stereocenters. The van der Waals surface area contributed by atoms with Gasteiger partial charge in [-0.25, -0.2) is 23.7 Å². The molecular formula is C51H31F2N5. The minimum absolute atomic E-state index is 0.286. The third kappa shape index (κ3) is 5.47. The Morgan fingerprint density at radius 2 is 0.845 bits per heavy atom. The van der Waals surface area contributed by atoms with Gasteiger partial charge in [0.1, 0.15) is 11.6 Å². The molecule has 11 aromatic rings. The molecule has 58 heavy (non-hydrogen) atoms. The molecule has 7 heteroatoms. The smallest absolute Gasteiger partial charge is 0.166 e. The highest BCUT2D eigenvalue weighted by Crippen LogP contribution is 2.40. The zero-order valence-electron chi connectivity index (χ0n) is 30.9. The summed E-state index contributed by atoms with van der Waals surface area (Å²) < 4.78 is 34.3. The Bertz CT molecular complexity index is 3260. The Labute approximate surface area is 331 Å². The summed E-state index contributed by atoms with van der Waals surface area (Å²) in [7, 11) is 0. The van der Waals surface area contributed by atoms with Crippen LogP contribution in [0.5, 0.6) is 0 Å². The van der Waals surface area contributed by atoms with Crippen molar-refractivity contribution >= 4 is 43.6 Å². The minimum Gasteiger partial charge on any atom is -0.309 e. The molecule has 3 aromatic heterocycles. The number of benzene rings is 8. The van der Waals surface area contributed by atoms with Crippen LogP contribution >= 0.6 is 0 Å². The normalized spacial score (nSPS) is 11.6. The molecule has 5 nitrogen and oxygen atoms in total. The first-order valence-electron chi connectivity index (χ1n) is 19.1. The van der Waals surface area contributed by atoms with E-state index in [9.17, 15) is 4.39 Å². The molecule has 3 heterocycles. The van der Waals surface area contributed by atoms with Crippen LogP contribution in [0.4, 0.5) is 8.78 Å². The second-order valence-corrected chi connectivity index (χ2v) is 14.3. The molecule has 0 bridgehead atoms. The van der Waals surface area contributed by atoms with E-state index in [1.807, 2.05) is 84.9 Å². The van der Waals surface area contributed by atoms with Gasteiger partial charge in [-0.15, -0.1) is 0 Å². The fourth-order valence-electron chi connectivity index (χ4n) is 8.29. The van der Waals surface area contributed by atoms with Crippen LogP contribution in [0.3, 0.4) is 0 Å². The Hall–Kier alpha value is -7.77. The lowest BCUT2D eigenvalue weighted by Crippen LogP contribution is -2.04. The van der Waals surface area contributed by atoms with Crippen LogP contribution in [0.25, 0.3) is 100 Å². The molecule has 0 fully saturated rings. The summed E-state index contributed by atoms with van der Waals surface area (Å²) in [4.78, 5) is 15.1. The molecule has 0 aliphatic carbocycles. The molecule has 0 saturated carbocycles. The van der Waals surface area contributed by atoms with Crippen molar-refractivity contribution in [1.82, 2.24) is 24.1 Å². The highest BCUT2D eigenvalue weighted by atomic mass is 19.1. The molecule has 0 spiro atoms. The van der Waals surface area contributed by atoms with Crippen molar-refractivity contribution in [2.75, 3.05) is 0 Å². The third-order valence-corrected chi connectivity index (χ3v) is 10.9. The number of aromatic nitrogens is 5. The Balaban J connectivity index is 1.20. The summed E-state index contributed by atoms with van der Waals surface area (Å²) in [6.07, 6.45) is 0. The quantitative estimate of drug-likeness (QED) is 0.170. The Kier molecular flexibility index (Phi) is 7.79. The van der Waals surface area contributed by atoms with E-state index in [2.05, 4.69) is 94.1 Å². The van der Waals surface area contributed by atoms with Crippen LogP contribution in [0.2, 0.25) is 0 Å². The average Bonchev–Trinajstić information content (AvgIpc) is 3.79. The lowest BCUT2D eigenvalue weighted by Gasteiger charge is -2.17. The van der Waals surface area contributed by atoms with E-state index in [-0.39, 0.29) is 5.56 Å². The van der Waals surface area contributed by atoms with Gasteiger partial charge in [0.2, 0.25) is 0 Å². The fourth-order valence-corrected chi connectivity index (χ4v) is 8.29. The van der Waals surface area contributed by atoms with Crippen molar-refractivity contribution < 1.29 is 8.78 Å². The van der Waals surface area contributed by atoms with Gasteiger partial charge in [0.25, 0.3) is 0 Å². The lowest BCUT2D eigenvalue weighted by atomic mass is 10.0. The van der Waals surface area contributed by atoms with Gasteiger partial charge < -0.3 is 9.13 Å². The van der Waals surface area contributed by atoms with Crippen LogP contribution in [-0.2, 0) is 0 Å². The van der Waals surface area contributed by atoms with Gasteiger partial charge in [0.15, 0.2) is 17.5 Å². The zero-order chi connectivity index (χ0) is 38.7. The largest absolute Gasteiger partial charge is 0.309 e. The van der Waals surface area contributed by atoms with Crippen molar-refractivity contribution in [2.45, 2.75) is 0 Å². The van der Waals surface area contributed by atoms with E-state index in [4.69, 9.17) is 15.0 Å². The summed E-state index contributed by atoms with van der Waals surface area (Å²) in [5.74, 6) is 0.243. The van der Waals surface area contributed by atoms with Crippen molar-refractivity contribution in [3.05, 3.63) is 200 Å². The highest BCUT2D eigenvalue weighted by Gasteiger charge is 2.22. The molecule has 0 aliphatic rings. The zero-order valence-corrected chi connectivity index (χ0v) is 30.9. The van der Waals surface area contributed by atoms with Gasteiger partial charge in [0.05, 0.1) is 27.8 Å². The average molecular weight is 752 g/mol. The molecule has 0 unspecified atom stereocenters. The molecule has 274 valence electrons. The SMILES string of the molecule is Fc1ccc(-c2ccc(-c3nc(-c4ccccc4)nc(-c4ccccc4)n3)c(-n3c4ccccc4c4cc(-n5c6ccccc6c6ccccc65)ccc43)c2)c(F)c1. The lowest BCUT2D eigenvalue weighted by molar-refractivity contribution is 0.585. The molecule has 0 amide bonds. The van der Waals surface area contributed by atoms with Crippen molar-refractivity contribution in [3.8, 4) is 56.7 Å². The maximum atomic E-state index is 15.5. The number of para-hydroxylation sites is 3. The summed E-state index contributed by atoms with van der Waals surface area (Å²) in [5.41, 5.74) is 9.22. The summed E-state index contributed by atoms with van der Waals surface area (Å²) in [5, 5.41) is 4.48. The van der Waals surface area contributed by atoms with Crippen LogP contribution in [0, 0.1) is 11.6 Å². The number of fused-ring (bicyclic) bond motifs is 6. The van der Waals surface area contributed by atoms with E-state index >= 15 is 4.39 Å². The maximum Gasteiger partial charge on any atom is 0.166 e. The predicted octanol–water partition coefficient (Wildman–Crippen LogP) is 13.0. The van der Waals surface area contributed by atoms with Crippen LogP contribution in [-0.4, -0.2) is 24.1 Å². The summed E-state index contributed by atoms with van der Waals surface area (Å²) >= 11 is 0. The number of halogens is 2. The van der Waals surface area contributed by atoms with E-state index in [0.29, 0.717) is 23.0 Å². The van der Waals surface area contributed by atoms with Gasteiger partial charge in [-0.1, -0.05) is 121 Å². The molecule has 0 N–H and O–H groups in total. The fraction of sp³-hybridized carbons (Fsp3) is 0. The Morgan fingerprint density at radius 3 is 1.45 bits per heavy atom. The topological polar surface area (TPSA) is 48.5 Å². The molecule has 0 saturated heterocycles. The van der Waals surface area contributed by atoms with E-state index < -0.39 is 11.6 Å².